The maximum atomic E-state index is 11.3. The van der Waals surface area contributed by atoms with Crippen molar-refractivity contribution in [1.29, 1.82) is 0 Å². The molecule has 1 N–H and O–H groups in total. The predicted octanol–water partition coefficient (Wildman–Crippen LogP) is 0.560. The van der Waals surface area contributed by atoms with Crippen molar-refractivity contribution in [3.63, 3.8) is 0 Å². The zero-order chi connectivity index (χ0) is 11.5. The van der Waals surface area contributed by atoms with Crippen LogP contribution in [0.3, 0.4) is 0 Å². The first-order chi connectivity index (χ1) is 7.68. The molecular formula is C12H16N2OSe. The van der Waals surface area contributed by atoms with Gasteiger partial charge < -0.3 is 0 Å². The summed E-state index contributed by atoms with van der Waals surface area (Å²) in [4.78, 5) is 11.9. The van der Waals surface area contributed by atoms with E-state index < -0.39 is 0 Å². The van der Waals surface area contributed by atoms with E-state index in [4.69, 9.17) is 0 Å². The van der Waals surface area contributed by atoms with Gasteiger partial charge in [0.15, 0.2) is 0 Å². The third-order valence-corrected chi connectivity index (χ3v) is 5.73. The van der Waals surface area contributed by atoms with Crippen LogP contribution in [0.1, 0.15) is 13.8 Å². The molecule has 1 heterocycles. The van der Waals surface area contributed by atoms with Gasteiger partial charge in [-0.05, 0) is 0 Å². The van der Waals surface area contributed by atoms with Gasteiger partial charge in [0.05, 0.1) is 0 Å². The Morgan fingerprint density at radius 3 is 2.69 bits per heavy atom. The number of benzene rings is 1. The second-order valence-electron chi connectivity index (χ2n) is 3.96. The molecule has 1 amide bonds. The van der Waals surface area contributed by atoms with E-state index in [1.807, 2.05) is 6.07 Å². The van der Waals surface area contributed by atoms with Gasteiger partial charge in [0.2, 0.25) is 0 Å². The number of hydrogen-bond donors (Lipinski definition) is 1. The van der Waals surface area contributed by atoms with Gasteiger partial charge in [0.1, 0.15) is 0 Å². The number of hydrogen-bond acceptors (Lipinski definition) is 2. The molecule has 86 valence electrons. The first-order valence-electron chi connectivity index (χ1n) is 5.43. The van der Waals surface area contributed by atoms with E-state index in [0.717, 1.165) is 6.54 Å². The van der Waals surface area contributed by atoms with Crippen LogP contribution in [0.15, 0.2) is 30.3 Å². The Morgan fingerprint density at radius 1 is 1.44 bits per heavy atom. The molecule has 4 heteroatoms. The van der Waals surface area contributed by atoms with Crippen molar-refractivity contribution in [3.05, 3.63) is 30.3 Å². The molecule has 1 aromatic rings. The fourth-order valence-electron chi connectivity index (χ4n) is 1.88. The third kappa shape index (κ3) is 2.46. The molecule has 0 unspecified atom stereocenters. The summed E-state index contributed by atoms with van der Waals surface area (Å²) < 4.78 is 1.40. The van der Waals surface area contributed by atoms with Crippen LogP contribution in [0.4, 0.5) is 0 Å². The van der Waals surface area contributed by atoms with Crippen LogP contribution in [0, 0.1) is 0 Å². The Morgan fingerprint density at radius 2 is 2.12 bits per heavy atom. The van der Waals surface area contributed by atoms with Gasteiger partial charge in [-0.25, -0.2) is 0 Å². The van der Waals surface area contributed by atoms with E-state index in [1.54, 1.807) is 11.9 Å². The zero-order valence-electron chi connectivity index (χ0n) is 9.51. The van der Waals surface area contributed by atoms with Gasteiger partial charge in [0, 0.05) is 0 Å². The van der Waals surface area contributed by atoms with E-state index in [9.17, 15) is 4.79 Å². The van der Waals surface area contributed by atoms with E-state index in [1.165, 1.54) is 4.46 Å². The van der Waals surface area contributed by atoms with Gasteiger partial charge in [-0.2, -0.15) is 0 Å². The molecule has 1 aromatic carbocycles. The van der Waals surface area contributed by atoms with Crippen molar-refractivity contribution in [3.8, 4) is 0 Å². The van der Waals surface area contributed by atoms with Gasteiger partial charge in [-0.15, -0.1) is 0 Å². The van der Waals surface area contributed by atoms with Gasteiger partial charge >= 0.3 is 102 Å². The maximum absolute atomic E-state index is 11.3. The second kappa shape index (κ2) is 5.00. The average molecular weight is 283 g/mol. The number of hydrazine groups is 1. The quantitative estimate of drug-likeness (QED) is 0.804. The molecule has 2 rings (SSSR count). The first kappa shape index (κ1) is 11.6. The average Bonchev–Trinajstić information content (AvgIpc) is 2.62. The van der Waals surface area contributed by atoms with Crippen molar-refractivity contribution >= 4 is 25.3 Å². The molecule has 1 saturated heterocycles. The Kier molecular flexibility index (Phi) is 3.64. The second-order valence-corrected chi connectivity index (χ2v) is 6.72. The minimum absolute atomic E-state index is 0.110. The minimum atomic E-state index is 0.110. The summed E-state index contributed by atoms with van der Waals surface area (Å²) in [6.07, 6.45) is 0. The van der Waals surface area contributed by atoms with E-state index in [-0.39, 0.29) is 5.91 Å². The van der Waals surface area contributed by atoms with Crippen LogP contribution in [0.2, 0.25) is 4.82 Å². The molecule has 0 aliphatic carbocycles. The van der Waals surface area contributed by atoms with Crippen LogP contribution in [-0.2, 0) is 4.79 Å². The summed E-state index contributed by atoms with van der Waals surface area (Å²) in [6, 6.07) is 10.8. The number of carbonyl (C=O) groups is 1. The summed E-state index contributed by atoms with van der Waals surface area (Å²) in [5, 5.41) is 1.76. The topological polar surface area (TPSA) is 32.3 Å². The molecule has 1 aliphatic rings. The molecule has 1 aliphatic heterocycles. The van der Waals surface area contributed by atoms with Gasteiger partial charge in [-0.3, -0.25) is 0 Å². The Labute approximate surface area is 102 Å². The Bertz CT molecular complexity index is 369. The van der Waals surface area contributed by atoms with Crippen LogP contribution in [0.25, 0.3) is 0 Å². The van der Waals surface area contributed by atoms with Crippen LogP contribution >= 0.6 is 0 Å². The summed E-state index contributed by atoms with van der Waals surface area (Å²) in [5.41, 5.74) is 3.18. The molecular weight excluding hydrogens is 267 g/mol. The molecule has 0 radical (unpaired) electrons. The van der Waals surface area contributed by atoms with Crippen molar-refractivity contribution in [1.82, 2.24) is 10.4 Å². The summed E-state index contributed by atoms with van der Waals surface area (Å²) >= 11 is 0.428. The molecule has 0 bridgehead atoms. The molecule has 3 nitrogen and oxygen atoms in total. The van der Waals surface area contributed by atoms with Crippen molar-refractivity contribution in [2.45, 2.75) is 24.7 Å². The number of carbonyl (C=O) groups excluding carboxylic acids is 1. The third-order valence-electron chi connectivity index (χ3n) is 2.78. The molecule has 0 spiro atoms. The van der Waals surface area contributed by atoms with Crippen LogP contribution in [-0.4, -0.2) is 38.5 Å². The van der Waals surface area contributed by atoms with Crippen molar-refractivity contribution in [2.24, 2.45) is 0 Å². The molecule has 2 atom stereocenters. The SMILES string of the molecule is CC(=O)N1NC[C@@H]([Se]c2ccccc2)[C@@H]1C. The first-order valence-corrected chi connectivity index (χ1v) is 7.28. The number of nitrogens with zero attached hydrogens (tertiary/aromatic N) is 1. The summed E-state index contributed by atoms with van der Waals surface area (Å²) in [7, 11) is 0. The number of rotatable bonds is 2. The Hall–Kier alpha value is -0.831. The fraction of sp³-hybridized carbons (Fsp3) is 0.417. The summed E-state index contributed by atoms with van der Waals surface area (Å²) in [5.74, 6) is 0.110. The van der Waals surface area contributed by atoms with Crippen molar-refractivity contribution < 1.29 is 4.79 Å². The zero-order valence-corrected chi connectivity index (χ0v) is 11.2. The van der Waals surface area contributed by atoms with Gasteiger partial charge in [0.25, 0.3) is 0 Å². The molecule has 16 heavy (non-hydrogen) atoms. The fourth-order valence-corrected chi connectivity index (χ4v) is 4.27. The number of nitrogens with one attached hydrogen (secondary N) is 1. The summed E-state index contributed by atoms with van der Waals surface area (Å²) in [6.45, 7) is 4.65. The normalized spacial score (nSPS) is 24.8. The number of amides is 1. The van der Waals surface area contributed by atoms with Crippen molar-refractivity contribution in [2.75, 3.05) is 6.54 Å². The predicted molar refractivity (Wildman–Crippen MR) is 65.6 cm³/mol. The van der Waals surface area contributed by atoms with E-state index >= 15 is 0 Å². The molecule has 0 saturated carbocycles. The molecule has 0 aromatic heterocycles. The molecule has 1 fully saturated rings. The van der Waals surface area contributed by atoms with Gasteiger partial charge in [-0.1, -0.05) is 0 Å². The van der Waals surface area contributed by atoms with Crippen LogP contribution < -0.4 is 9.89 Å². The van der Waals surface area contributed by atoms with Crippen LogP contribution in [0.5, 0.6) is 0 Å². The monoisotopic (exact) mass is 284 g/mol. The standard InChI is InChI=1S/C12H16N2OSe/c1-9-12(8-13-14(9)10(2)15)16-11-6-4-3-5-7-11/h3-7,9,12-13H,8H2,1-2H3/t9-,12+/m0/s1. The Balaban J connectivity index is 2.00. The van der Waals surface area contributed by atoms with E-state index in [2.05, 4.69) is 36.6 Å². The van der Waals surface area contributed by atoms with E-state index in [0.29, 0.717) is 25.8 Å².